The van der Waals surface area contributed by atoms with Crippen LogP contribution < -0.4 is 4.74 Å². The van der Waals surface area contributed by atoms with E-state index in [0.29, 0.717) is 17.3 Å². The molecule has 3 aromatic carbocycles. The van der Waals surface area contributed by atoms with Crippen molar-refractivity contribution in [1.82, 2.24) is 9.80 Å². The number of hydrogen-bond acceptors (Lipinski definition) is 3. The number of amides is 1. The molecule has 0 spiro atoms. The van der Waals surface area contributed by atoms with E-state index in [2.05, 4.69) is 41.3 Å². The zero-order valence-electron chi connectivity index (χ0n) is 19.5. The highest BCUT2D eigenvalue weighted by Crippen LogP contribution is 2.35. The Morgan fingerprint density at radius 3 is 2.35 bits per heavy atom. The van der Waals surface area contributed by atoms with Gasteiger partial charge in [-0.3, -0.25) is 4.90 Å². The molecule has 0 aromatic heterocycles. The fourth-order valence-corrected chi connectivity index (χ4v) is 4.74. The van der Waals surface area contributed by atoms with Crippen LogP contribution in [0.15, 0.2) is 78.9 Å². The first kappa shape index (κ1) is 24.2. The summed E-state index contributed by atoms with van der Waals surface area (Å²) in [4.78, 5) is 17.3. The molecule has 0 N–H and O–H groups in total. The summed E-state index contributed by atoms with van der Waals surface area (Å²) in [5.41, 5.74) is 2.50. The molecule has 1 saturated heterocycles. The maximum atomic E-state index is 13.2. The second kappa shape index (κ2) is 11.0. The van der Waals surface area contributed by atoms with Gasteiger partial charge in [0.1, 0.15) is 11.6 Å². The Morgan fingerprint density at radius 2 is 1.71 bits per heavy atom. The molecule has 0 bridgehead atoms. The third-order valence-corrected chi connectivity index (χ3v) is 6.62. The second-order valence-corrected chi connectivity index (χ2v) is 9.60. The minimum Gasteiger partial charge on any atom is -0.410 e. The molecule has 2 unspecified atom stereocenters. The lowest BCUT2D eigenvalue weighted by Crippen LogP contribution is -2.43. The van der Waals surface area contributed by atoms with Crippen LogP contribution in [0, 0.1) is 11.7 Å². The number of hydrogen-bond donors (Lipinski definition) is 0. The highest BCUT2D eigenvalue weighted by Gasteiger charge is 2.36. The molecule has 0 aliphatic carbocycles. The maximum absolute atomic E-state index is 13.2. The van der Waals surface area contributed by atoms with Crippen molar-refractivity contribution in [2.75, 3.05) is 19.6 Å². The van der Waals surface area contributed by atoms with Crippen molar-refractivity contribution in [1.29, 1.82) is 0 Å². The van der Waals surface area contributed by atoms with E-state index in [0.717, 1.165) is 19.6 Å². The van der Waals surface area contributed by atoms with Crippen LogP contribution in [0.5, 0.6) is 5.75 Å². The average Bonchev–Trinajstić information content (AvgIpc) is 3.22. The van der Waals surface area contributed by atoms with Gasteiger partial charge in [-0.25, -0.2) is 9.18 Å². The number of ether oxygens (including phenoxy) is 1. The first-order chi connectivity index (χ1) is 16.4. The van der Waals surface area contributed by atoms with Gasteiger partial charge >= 0.3 is 6.09 Å². The standard InChI is InChI=1S/C28H30ClFN2O2/c1-20(2)32(28(33)34-26-14-12-25(30)13-15-26)18-23-17-31(16-21-6-4-3-5-7-21)19-27(23)22-8-10-24(29)11-9-22/h3-15,20,23,27H,16-19H2,1-2H3. The molecule has 2 atom stereocenters. The summed E-state index contributed by atoms with van der Waals surface area (Å²) in [7, 11) is 0. The summed E-state index contributed by atoms with van der Waals surface area (Å²) in [5, 5.41) is 0.714. The van der Waals surface area contributed by atoms with Gasteiger partial charge in [-0.15, -0.1) is 0 Å². The fraction of sp³-hybridized carbons (Fsp3) is 0.321. The first-order valence-electron chi connectivity index (χ1n) is 11.6. The number of carbonyl (C=O) groups excluding carboxylic acids is 1. The average molecular weight is 481 g/mol. The highest BCUT2D eigenvalue weighted by molar-refractivity contribution is 6.30. The number of likely N-dealkylation sites (tertiary alicyclic amines) is 1. The number of nitrogens with zero attached hydrogens (tertiary/aromatic N) is 2. The Hall–Kier alpha value is -2.89. The van der Waals surface area contributed by atoms with Crippen molar-refractivity contribution in [2.24, 2.45) is 5.92 Å². The Kier molecular flexibility index (Phi) is 7.86. The molecule has 3 aromatic rings. The van der Waals surface area contributed by atoms with Crippen molar-refractivity contribution in [3.05, 3.63) is 101 Å². The quantitative estimate of drug-likeness (QED) is 0.381. The lowest BCUT2D eigenvalue weighted by atomic mass is 9.88. The predicted octanol–water partition coefficient (Wildman–Crippen LogP) is 6.60. The van der Waals surface area contributed by atoms with E-state index in [4.69, 9.17) is 16.3 Å². The third kappa shape index (κ3) is 6.16. The van der Waals surface area contributed by atoms with Crippen molar-refractivity contribution >= 4 is 17.7 Å². The van der Waals surface area contributed by atoms with Crippen molar-refractivity contribution in [3.8, 4) is 5.75 Å². The topological polar surface area (TPSA) is 32.8 Å². The van der Waals surface area contributed by atoms with E-state index >= 15 is 0 Å². The Labute approximate surface area is 205 Å². The Balaban J connectivity index is 1.52. The summed E-state index contributed by atoms with van der Waals surface area (Å²) in [5.74, 6) is 0.466. The monoisotopic (exact) mass is 480 g/mol. The number of halogens is 2. The van der Waals surface area contributed by atoms with Crippen LogP contribution in [-0.4, -0.2) is 41.6 Å². The van der Waals surface area contributed by atoms with Crippen LogP contribution in [-0.2, 0) is 6.54 Å². The number of benzene rings is 3. The molecular weight excluding hydrogens is 451 g/mol. The number of carbonyl (C=O) groups is 1. The zero-order chi connectivity index (χ0) is 24.1. The minimum absolute atomic E-state index is 0.0398. The zero-order valence-corrected chi connectivity index (χ0v) is 20.3. The van der Waals surface area contributed by atoms with Gasteiger partial charge in [-0.2, -0.15) is 0 Å². The van der Waals surface area contributed by atoms with E-state index in [1.807, 2.05) is 32.0 Å². The molecule has 6 heteroatoms. The van der Waals surface area contributed by atoms with E-state index in [1.165, 1.54) is 35.4 Å². The van der Waals surface area contributed by atoms with Crippen LogP contribution >= 0.6 is 11.6 Å². The van der Waals surface area contributed by atoms with Gasteiger partial charge in [0, 0.05) is 43.2 Å². The Morgan fingerprint density at radius 1 is 1.03 bits per heavy atom. The molecule has 1 aliphatic heterocycles. The fourth-order valence-electron chi connectivity index (χ4n) is 4.61. The lowest BCUT2D eigenvalue weighted by molar-refractivity contribution is 0.127. The first-order valence-corrected chi connectivity index (χ1v) is 12.0. The number of rotatable bonds is 7. The molecule has 1 fully saturated rings. The lowest BCUT2D eigenvalue weighted by Gasteiger charge is -2.30. The van der Waals surface area contributed by atoms with Gasteiger partial charge in [-0.1, -0.05) is 54.1 Å². The Bertz CT molecular complexity index is 1070. The molecule has 1 heterocycles. The van der Waals surface area contributed by atoms with Gasteiger partial charge < -0.3 is 9.64 Å². The van der Waals surface area contributed by atoms with Gasteiger partial charge in [-0.05, 0) is 67.3 Å². The van der Waals surface area contributed by atoms with E-state index in [9.17, 15) is 9.18 Å². The van der Waals surface area contributed by atoms with Crippen LogP contribution in [0.3, 0.4) is 0 Å². The molecule has 34 heavy (non-hydrogen) atoms. The second-order valence-electron chi connectivity index (χ2n) is 9.17. The molecule has 4 rings (SSSR count). The molecule has 1 aliphatic rings. The van der Waals surface area contributed by atoms with E-state index in [1.54, 1.807) is 4.90 Å². The SMILES string of the molecule is CC(C)N(CC1CN(Cc2ccccc2)CC1c1ccc(Cl)cc1)C(=O)Oc1ccc(F)cc1. The van der Waals surface area contributed by atoms with Gasteiger partial charge in [0.15, 0.2) is 0 Å². The molecule has 178 valence electrons. The smallest absolute Gasteiger partial charge is 0.410 e. The molecule has 4 nitrogen and oxygen atoms in total. The molecule has 0 saturated carbocycles. The van der Waals surface area contributed by atoms with E-state index < -0.39 is 6.09 Å². The largest absolute Gasteiger partial charge is 0.415 e. The highest BCUT2D eigenvalue weighted by atomic mass is 35.5. The maximum Gasteiger partial charge on any atom is 0.415 e. The molecule has 0 radical (unpaired) electrons. The summed E-state index contributed by atoms with van der Waals surface area (Å²) in [6, 6.07) is 23.9. The summed E-state index contributed by atoms with van der Waals surface area (Å²) in [6.07, 6.45) is -0.419. The minimum atomic E-state index is -0.419. The van der Waals surface area contributed by atoms with Crippen molar-refractivity contribution in [3.63, 3.8) is 0 Å². The van der Waals surface area contributed by atoms with Gasteiger partial charge in [0.25, 0.3) is 0 Å². The van der Waals surface area contributed by atoms with Crippen LogP contribution in [0.1, 0.15) is 30.9 Å². The van der Waals surface area contributed by atoms with Crippen molar-refractivity contribution in [2.45, 2.75) is 32.4 Å². The van der Waals surface area contributed by atoms with Crippen LogP contribution in [0.25, 0.3) is 0 Å². The van der Waals surface area contributed by atoms with E-state index in [-0.39, 0.29) is 23.7 Å². The van der Waals surface area contributed by atoms with Crippen LogP contribution in [0.2, 0.25) is 5.02 Å². The van der Waals surface area contributed by atoms with Crippen LogP contribution in [0.4, 0.5) is 9.18 Å². The predicted molar refractivity (Wildman–Crippen MR) is 134 cm³/mol. The third-order valence-electron chi connectivity index (χ3n) is 6.37. The summed E-state index contributed by atoms with van der Waals surface area (Å²) >= 11 is 6.14. The van der Waals surface area contributed by atoms with Gasteiger partial charge in [0.2, 0.25) is 0 Å². The van der Waals surface area contributed by atoms with Crippen molar-refractivity contribution < 1.29 is 13.9 Å². The normalized spacial score (nSPS) is 18.3. The molecular formula is C28H30ClFN2O2. The summed E-state index contributed by atoms with van der Waals surface area (Å²) in [6.45, 7) is 7.18. The molecule has 1 amide bonds. The summed E-state index contributed by atoms with van der Waals surface area (Å²) < 4.78 is 18.8. The van der Waals surface area contributed by atoms with Gasteiger partial charge in [0.05, 0.1) is 0 Å².